The van der Waals surface area contributed by atoms with Gasteiger partial charge < -0.3 is 5.73 Å². The number of rotatable bonds is 5. The summed E-state index contributed by atoms with van der Waals surface area (Å²) >= 11 is 0. The molecule has 0 saturated carbocycles. The van der Waals surface area contributed by atoms with Crippen molar-refractivity contribution in [1.29, 1.82) is 5.26 Å². The first kappa shape index (κ1) is 15.0. The van der Waals surface area contributed by atoms with E-state index in [1.165, 1.54) is 12.1 Å². The normalized spacial score (nSPS) is 11.2. The number of sulfonamides is 1. The maximum atomic E-state index is 12.6. The van der Waals surface area contributed by atoms with Crippen molar-refractivity contribution in [2.24, 2.45) is 0 Å². The first-order valence-electron chi connectivity index (χ1n) is 6.30. The molecule has 6 heteroatoms. The Kier molecular flexibility index (Phi) is 4.58. The Morgan fingerprint density at radius 2 is 1.81 bits per heavy atom. The number of nitrogens with two attached hydrogens (primary N) is 1. The molecule has 0 aliphatic carbocycles. The van der Waals surface area contributed by atoms with Crippen LogP contribution in [0.4, 0.5) is 5.69 Å². The first-order valence-corrected chi connectivity index (χ1v) is 7.74. The van der Waals surface area contributed by atoms with Crippen LogP contribution in [0, 0.1) is 11.3 Å². The van der Waals surface area contributed by atoms with E-state index in [1.54, 1.807) is 12.1 Å². The van der Waals surface area contributed by atoms with Crippen LogP contribution in [-0.4, -0.2) is 19.3 Å². The highest BCUT2D eigenvalue weighted by atomic mass is 32.2. The summed E-state index contributed by atoms with van der Waals surface area (Å²) < 4.78 is 26.3. The highest BCUT2D eigenvalue weighted by Gasteiger charge is 2.24. The molecule has 0 aromatic heterocycles. The summed E-state index contributed by atoms with van der Waals surface area (Å²) in [5.41, 5.74) is 6.82. The van der Waals surface area contributed by atoms with Crippen molar-refractivity contribution in [1.82, 2.24) is 4.31 Å². The average Bonchev–Trinajstić information content (AvgIpc) is 2.48. The average molecular weight is 301 g/mol. The third-order valence-corrected chi connectivity index (χ3v) is 4.73. The molecule has 0 spiro atoms. The minimum absolute atomic E-state index is 0.0914. The number of hydrogen-bond donors (Lipinski definition) is 1. The van der Waals surface area contributed by atoms with Gasteiger partial charge in [0.1, 0.15) is 6.54 Å². The van der Waals surface area contributed by atoms with E-state index in [-0.39, 0.29) is 18.0 Å². The summed E-state index contributed by atoms with van der Waals surface area (Å²) in [6.07, 6.45) is 0. The van der Waals surface area contributed by atoms with Gasteiger partial charge in [0.25, 0.3) is 0 Å². The van der Waals surface area contributed by atoms with Crippen LogP contribution >= 0.6 is 0 Å². The summed E-state index contributed by atoms with van der Waals surface area (Å²) in [6, 6.07) is 17.1. The van der Waals surface area contributed by atoms with Gasteiger partial charge in [-0.25, -0.2) is 8.42 Å². The first-order chi connectivity index (χ1) is 10.0. The maximum Gasteiger partial charge on any atom is 0.244 e. The van der Waals surface area contributed by atoms with E-state index < -0.39 is 10.0 Å². The van der Waals surface area contributed by atoms with Crippen LogP contribution < -0.4 is 5.73 Å². The molecular formula is C15H15N3O2S. The molecule has 108 valence electrons. The minimum Gasteiger partial charge on any atom is -0.399 e. The van der Waals surface area contributed by atoms with E-state index in [2.05, 4.69) is 0 Å². The molecule has 0 heterocycles. The number of nitrogens with zero attached hydrogens (tertiary/aromatic N) is 2. The second-order valence-corrected chi connectivity index (χ2v) is 6.43. The number of hydrogen-bond acceptors (Lipinski definition) is 4. The van der Waals surface area contributed by atoms with Gasteiger partial charge in [-0.3, -0.25) is 0 Å². The molecule has 0 aliphatic heterocycles. The summed E-state index contributed by atoms with van der Waals surface area (Å²) in [5, 5.41) is 8.90. The van der Waals surface area contributed by atoms with Gasteiger partial charge in [0.15, 0.2) is 0 Å². The molecule has 0 radical (unpaired) electrons. The molecule has 5 nitrogen and oxygen atoms in total. The number of nitriles is 1. The summed E-state index contributed by atoms with van der Waals surface area (Å²) in [4.78, 5) is 0.0914. The molecule has 0 bridgehead atoms. The molecule has 2 aromatic rings. The number of benzene rings is 2. The second kappa shape index (κ2) is 6.39. The fourth-order valence-corrected chi connectivity index (χ4v) is 3.30. The number of nitrogen functional groups attached to an aromatic ring is 1. The second-order valence-electron chi connectivity index (χ2n) is 4.49. The lowest BCUT2D eigenvalue weighted by molar-refractivity contribution is 0.441. The Morgan fingerprint density at radius 3 is 2.43 bits per heavy atom. The zero-order valence-electron chi connectivity index (χ0n) is 11.3. The van der Waals surface area contributed by atoms with Gasteiger partial charge in [0.05, 0.1) is 11.0 Å². The third kappa shape index (κ3) is 3.60. The Labute approximate surface area is 124 Å². The van der Waals surface area contributed by atoms with Crippen LogP contribution in [0.5, 0.6) is 0 Å². The predicted octanol–water partition coefficient (Wildman–Crippen LogP) is 1.98. The topological polar surface area (TPSA) is 87.2 Å². The molecule has 0 unspecified atom stereocenters. The predicted molar refractivity (Wildman–Crippen MR) is 80.5 cm³/mol. The molecule has 0 fully saturated rings. The molecule has 0 aliphatic rings. The van der Waals surface area contributed by atoms with E-state index in [0.717, 1.165) is 9.87 Å². The van der Waals surface area contributed by atoms with E-state index in [9.17, 15) is 8.42 Å². The van der Waals surface area contributed by atoms with Gasteiger partial charge in [0.2, 0.25) is 10.0 Å². The lowest BCUT2D eigenvalue weighted by atomic mass is 10.2. The van der Waals surface area contributed by atoms with Crippen molar-refractivity contribution in [3.63, 3.8) is 0 Å². The van der Waals surface area contributed by atoms with Crippen molar-refractivity contribution < 1.29 is 8.42 Å². The Bertz CT molecular complexity index is 752. The summed E-state index contributed by atoms with van der Waals surface area (Å²) in [6.45, 7) is -0.0719. The fourth-order valence-electron chi connectivity index (χ4n) is 1.92. The van der Waals surface area contributed by atoms with Crippen LogP contribution in [0.25, 0.3) is 0 Å². The van der Waals surface area contributed by atoms with Crippen molar-refractivity contribution in [2.45, 2.75) is 11.4 Å². The summed E-state index contributed by atoms with van der Waals surface area (Å²) in [7, 11) is -3.75. The van der Waals surface area contributed by atoms with Crippen LogP contribution in [0.2, 0.25) is 0 Å². The molecular weight excluding hydrogens is 286 g/mol. The molecule has 0 saturated heterocycles. The van der Waals surface area contributed by atoms with Gasteiger partial charge in [-0.2, -0.15) is 9.57 Å². The molecule has 0 atom stereocenters. The zero-order chi connectivity index (χ0) is 15.3. The molecule has 0 amide bonds. The van der Waals surface area contributed by atoms with Gasteiger partial charge in [0, 0.05) is 12.2 Å². The number of anilines is 1. The van der Waals surface area contributed by atoms with Crippen LogP contribution in [0.1, 0.15) is 5.56 Å². The van der Waals surface area contributed by atoms with Crippen molar-refractivity contribution >= 4 is 15.7 Å². The standard InChI is InChI=1S/C15H15N3O2S/c16-9-10-18(12-13-5-2-1-3-6-13)21(19,20)15-8-4-7-14(17)11-15/h1-8,11H,10,12,17H2. The largest absolute Gasteiger partial charge is 0.399 e. The van der Waals surface area contributed by atoms with Crippen LogP contribution in [0.15, 0.2) is 59.5 Å². The third-order valence-electron chi connectivity index (χ3n) is 2.94. The van der Waals surface area contributed by atoms with Crippen LogP contribution in [-0.2, 0) is 16.6 Å². The molecule has 21 heavy (non-hydrogen) atoms. The lowest BCUT2D eigenvalue weighted by Crippen LogP contribution is -2.31. The fraction of sp³-hybridized carbons (Fsp3) is 0.133. The minimum atomic E-state index is -3.75. The Morgan fingerprint density at radius 1 is 1.10 bits per heavy atom. The van der Waals surface area contributed by atoms with Gasteiger partial charge >= 0.3 is 0 Å². The van der Waals surface area contributed by atoms with Crippen molar-refractivity contribution in [2.75, 3.05) is 12.3 Å². The highest BCUT2D eigenvalue weighted by molar-refractivity contribution is 7.89. The van der Waals surface area contributed by atoms with E-state index in [4.69, 9.17) is 11.0 Å². The van der Waals surface area contributed by atoms with Gasteiger partial charge in [-0.1, -0.05) is 36.4 Å². The monoisotopic (exact) mass is 301 g/mol. The van der Waals surface area contributed by atoms with Gasteiger partial charge in [-0.15, -0.1) is 0 Å². The maximum absolute atomic E-state index is 12.6. The Balaban J connectivity index is 2.35. The molecule has 2 aromatic carbocycles. The van der Waals surface area contributed by atoms with Crippen molar-refractivity contribution in [3.8, 4) is 6.07 Å². The quantitative estimate of drug-likeness (QED) is 0.675. The van der Waals surface area contributed by atoms with E-state index in [0.29, 0.717) is 5.69 Å². The Hall–Kier alpha value is -2.36. The summed E-state index contributed by atoms with van der Waals surface area (Å²) in [5.74, 6) is 0. The van der Waals surface area contributed by atoms with Crippen LogP contribution in [0.3, 0.4) is 0 Å². The van der Waals surface area contributed by atoms with Gasteiger partial charge in [-0.05, 0) is 23.8 Å². The van der Waals surface area contributed by atoms with E-state index in [1.807, 2.05) is 36.4 Å². The molecule has 2 N–H and O–H groups in total. The smallest absolute Gasteiger partial charge is 0.244 e. The SMILES string of the molecule is N#CCN(Cc1ccccc1)S(=O)(=O)c1cccc(N)c1. The van der Waals surface area contributed by atoms with E-state index >= 15 is 0 Å². The van der Waals surface area contributed by atoms with Crippen molar-refractivity contribution in [3.05, 3.63) is 60.2 Å². The lowest BCUT2D eigenvalue weighted by Gasteiger charge is -2.19. The highest BCUT2D eigenvalue weighted by Crippen LogP contribution is 2.20. The zero-order valence-corrected chi connectivity index (χ0v) is 12.1. The molecule has 2 rings (SSSR count).